The standard InChI is InChI=1S/C30H42N2O5/c1-4-6-7-8-11-18-31(23-29(33)32-19-20-37-27-13-10-9-12-26(27)32)22-25-16-14-24(15-17-25)21-28(36-5-2)30(34)35-3/h9-10,12-17,28H,4-8,11,18-23H2,1-3H3. The van der Waals surface area contributed by atoms with Crippen LogP contribution in [-0.4, -0.2) is 62.8 Å². The van der Waals surface area contributed by atoms with Gasteiger partial charge in [0.2, 0.25) is 5.91 Å². The third-order valence-electron chi connectivity index (χ3n) is 6.65. The van der Waals surface area contributed by atoms with Crippen LogP contribution in [-0.2, 0) is 32.0 Å². The summed E-state index contributed by atoms with van der Waals surface area (Å²) in [7, 11) is 1.38. The minimum atomic E-state index is -0.602. The molecule has 0 aromatic heterocycles. The number of amides is 1. The van der Waals surface area contributed by atoms with Crippen molar-refractivity contribution in [2.45, 2.75) is 65.0 Å². The Morgan fingerprint density at radius 2 is 1.73 bits per heavy atom. The number of para-hydroxylation sites is 2. The van der Waals surface area contributed by atoms with Gasteiger partial charge >= 0.3 is 5.97 Å². The number of esters is 1. The number of rotatable bonds is 15. The number of benzene rings is 2. The average molecular weight is 511 g/mol. The number of hydrogen-bond acceptors (Lipinski definition) is 6. The Hall–Kier alpha value is -2.90. The molecule has 1 heterocycles. The summed E-state index contributed by atoms with van der Waals surface area (Å²) in [4.78, 5) is 29.5. The quantitative estimate of drug-likeness (QED) is 0.248. The molecule has 0 spiro atoms. The zero-order chi connectivity index (χ0) is 26.5. The molecule has 7 heteroatoms. The fourth-order valence-corrected chi connectivity index (χ4v) is 4.65. The molecule has 0 saturated heterocycles. The summed E-state index contributed by atoms with van der Waals surface area (Å²) in [5, 5.41) is 0. The Kier molecular flexibility index (Phi) is 11.9. The van der Waals surface area contributed by atoms with Gasteiger partial charge in [-0.1, -0.05) is 69.0 Å². The second-order valence-corrected chi connectivity index (χ2v) is 9.47. The van der Waals surface area contributed by atoms with Crippen molar-refractivity contribution in [3.63, 3.8) is 0 Å². The van der Waals surface area contributed by atoms with Crippen LogP contribution in [0.5, 0.6) is 5.75 Å². The maximum absolute atomic E-state index is 13.4. The van der Waals surface area contributed by atoms with Crippen LogP contribution in [0.1, 0.15) is 57.1 Å². The van der Waals surface area contributed by atoms with Gasteiger partial charge in [-0.3, -0.25) is 9.69 Å². The summed E-state index contributed by atoms with van der Waals surface area (Å²) in [5.74, 6) is 0.503. The Bertz CT molecular complexity index is 978. The molecule has 0 fully saturated rings. The molecule has 1 aliphatic rings. The lowest BCUT2D eigenvalue weighted by molar-refractivity contribution is -0.153. The zero-order valence-corrected chi connectivity index (χ0v) is 22.6. The highest BCUT2D eigenvalue weighted by atomic mass is 16.6. The van der Waals surface area contributed by atoms with Crippen molar-refractivity contribution < 1.29 is 23.8 Å². The molecule has 1 amide bonds. The first kappa shape index (κ1) is 28.7. The van der Waals surface area contributed by atoms with Crippen molar-refractivity contribution >= 4 is 17.6 Å². The van der Waals surface area contributed by atoms with Gasteiger partial charge in [0.1, 0.15) is 12.4 Å². The van der Waals surface area contributed by atoms with Crippen LogP contribution in [0.3, 0.4) is 0 Å². The molecular weight excluding hydrogens is 468 g/mol. The smallest absolute Gasteiger partial charge is 0.335 e. The van der Waals surface area contributed by atoms with Gasteiger partial charge in [0.05, 0.1) is 25.9 Å². The molecular formula is C30H42N2O5. The molecule has 1 atom stereocenters. The Morgan fingerprint density at radius 1 is 1.00 bits per heavy atom. The molecule has 202 valence electrons. The Balaban J connectivity index is 1.65. The number of anilines is 1. The number of hydrogen-bond donors (Lipinski definition) is 0. The van der Waals surface area contributed by atoms with Crippen LogP contribution in [0.25, 0.3) is 0 Å². The minimum Gasteiger partial charge on any atom is -0.490 e. The maximum Gasteiger partial charge on any atom is 0.335 e. The van der Waals surface area contributed by atoms with Crippen molar-refractivity contribution in [2.75, 3.05) is 44.9 Å². The highest BCUT2D eigenvalue weighted by Crippen LogP contribution is 2.31. The predicted molar refractivity (Wildman–Crippen MR) is 146 cm³/mol. The fourth-order valence-electron chi connectivity index (χ4n) is 4.65. The third kappa shape index (κ3) is 8.86. The van der Waals surface area contributed by atoms with Crippen LogP contribution in [0.4, 0.5) is 5.69 Å². The van der Waals surface area contributed by atoms with Gasteiger partial charge in [-0.2, -0.15) is 0 Å². The molecule has 0 N–H and O–H groups in total. The van der Waals surface area contributed by atoms with E-state index in [4.69, 9.17) is 14.2 Å². The van der Waals surface area contributed by atoms with Crippen molar-refractivity contribution in [2.24, 2.45) is 0 Å². The van der Waals surface area contributed by atoms with Crippen LogP contribution in [0.2, 0.25) is 0 Å². The average Bonchev–Trinajstić information content (AvgIpc) is 2.92. The van der Waals surface area contributed by atoms with E-state index in [9.17, 15) is 9.59 Å². The van der Waals surface area contributed by atoms with Crippen molar-refractivity contribution in [1.82, 2.24) is 4.90 Å². The lowest BCUT2D eigenvalue weighted by Gasteiger charge is -2.31. The number of carbonyl (C=O) groups is 2. The van der Waals surface area contributed by atoms with Gasteiger partial charge in [0.15, 0.2) is 6.10 Å². The number of nitrogens with zero attached hydrogens (tertiary/aromatic N) is 2. The first-order chi connectivity index (χ1) is 18.0. The number of fused-ring (bicyclic) bond motifs is 1. The first-order valence-corrected chi connectivity index (χ1v) is 13.6. The number of ether oxygens (including phenoxy) is 3. The summed E-state index contributed by atoms with van der Waals surface area (Å²) < 4.78 is 16.2. The van der Waals surface area contributed by atoms with Gasteiger partial charge < -0.3 is 19.1 Å². The van der Waals surface area contributed by atoms with E-state index in [0.29, 0.717) is 39.3 Å². The molecule has 0 aliphatic carbocycles. The SMILES string of the molecule is CCCCCCCN(CC(=O)N1CCOc2ccccc21)Cc1ccc(CC(OCC)C(=O)OC)cc1. The predicted octanol–water partition coefficient (Wildman–Crippen LogP) is 5.01. The summed E-state index contributed by atoms with van der Waals surface area (Å²) in [6.07, 6.45) is 5.80. The van der Waals surface area contributed by atoms with Crippen LogP contribution in [0, 0.1) is 0 Å². The summed E-state index contributed by atoms with van der Waals surface area (Å²) in [6, 6.07) is 16.0. The van der Waals surface area contributed by atoms with Crippen molar-refractivity contribution in [1.29, 1.82) is 0 Å². The Labute approximate surface area is 221 Å². The second-order valence-electron chi connectivity index (χ2n) is 9.47. The number of methoxy groups -OCH3 is 1. The van der Waals surface area contributed by atoms with E-state index in [0.717, 1.165) is 35.5 Å². The van der Waals surface area contributed by atoms with Crippen LogP contribution in [0.15, 0.2) is 48.5 Å². The van der Waals surface area contributed by atoms with E-state index in [1.54, 1.807) is 0 Å². The number of carbonyl (C=O) groups excluding carboxylic acids is 2. The normalized spacial score (nSPS) is 13.7. The summed E-state index contributed by atoms with van der Waals surface area (Å²) in [6.45, 7) is 7.54. The Morgan fingerprint density at radius 3 is 2.46 bits per heavy atom. The number of unbranched alkanes of at least 4 members (excludes halogenated alkanes) is 4. The van der Waals surface area contributed by atoms with Gasteiger partial charge in [0, 0.05) is 19.6 Å². The zero-order valence-electron chi connectivity index (χ0n) is 22.6. The van der Waals surface area contributed by atoms with Crippen LogP contribution >= 0.6 is 0 Å². The van der Waals surface area contributed by atoms with E-state index in [1.807, 2.05) is 48.2 Å². The van der Waals surface area contributed by atoms with Gasteiger partial charge in [0.25, 0.3) is 0 Å². The van der Waals surface area contributed by atoms with Gasteiger partial charge in [-0.25, -0.2) is 4.79 Å². The summed E-state index contributed by atoms with van der Waals surface area (Å²) in [5.41, 5.74) is 3.00. The molecule has 2 aromatic carbocycles. The minimum absolute atomic E-state index is 0.0959. The molecule has 7 nitrogen and oxygen atoms in total. The monoisotopic (exact) mass is 510 g/mol. The van der Waals surface area contributed by atoms with E-state index < -0.39 is 6.10 Å². The molecule has 0 bridgehead atoms. The molecule has 2 aromatic rings. The van der Waals surface area contributed by atoms with Crippen molar-refractivity contribution in [3.8, 4) is 5.75 Å². The third-order valence-corrected chi connectivity index (χ3v) is 6.65. The lowest BCUT2D eigenvalue weighted by Crippen LogP contribution is -2.44. The molecule has 1 aliphatic heterocycles. The van der Waals surface area contributed by atoms with E-state index in [-0.39, 0.29) is 11.9 Å². The molecule has 0 radical (unpaired) electrons. The highest BCUT2D eigenvalue weighted by Gasteiger charge is 2.25. The maximum atomic E-state index is 13.4. The largest absolute Gasteiger partial charge is 0.490 e. The molecule has 0 saturated carbocycles. The van der Waals surface area contributed by atoms with Crippen molar-refractivity contribution in [3.05, 3.63) is 59.7 Å². The van der Waals surface area contributed by atoms with Crippen LogP contribution < -0.4 is 9.64 Å². The van der Waals surface area contributed by atoms with Gasteiger partial charge in [-0.05, 0) is 43.1 Å². The lowest BCUT2D eigenvalue weighted by atomic mass is 10.0. The first-order valence-electron chi connectivity index (χ1n) is 13.6. The fraction of sp³-hybridized carbons (Fsp3) is 0.533. The topological polar surface area (TPSA) is 68.3 Å². The molecule has 3 rings (SSSR count). The second kappa shape index (κ2) is 15.4. The van der Waals surface area contributed by atoms with Gasteiger partial charge in [-0.15, -0.1) is 0 Å². The van der Waals surface area contributed by atoms with E-state index in [1.165, 1.54) is 32.8 Å². The van der Waals surface area contributed by atoms with E-state index in [2.05, 4.69) is 24.0 Å². The van der Waals surface area contributed by atoms with E-state index >= 15 is 0 Å². The highest BCUT2D eigenvalue weighted by molar-refractivity contribution is 5.96. The molecule has 1 unspecified atom stereocenters. The molecule has 37 heavy (non-hydrogen) atoms. The summed E-state index contributed by atoms with van der Waals surface area (Å²) >= 11 is 0.